The third kappa shape index (κ3) is 5.34. The van der Waals surface area contributed by atoms with Gasteiger partial charge in [-0.3, -0.25) is 5.10 Å². The monoisotopic (exact) mass is 435 g/mol. The molecule has 1 aromatic carbocycles. The molecule has 2 aromatic heterocycles. The van der Waals surface area contributed by atoms with Crippen molar-refractivity contribution in [3.63, 3.8) is 0 Å². The molecule has 1 aliphatic rings. The molecule has 32 heavy (non-hydrogen) atoms. The number of rotatable bonds is 8. The Balaban J connectivity index is 1.53. The van der Waals surface area contributed by atoms with Gasteiger partial charge in [-0.1, -0.05) is 0 Å². The highest BCUT2D eigenvalue weighted by molar-refractivity contribution is 5.64. The molecule has 0 spiro atoms. The average molecular weight is 436 g/mol. The molecule has 9 heteroatoms. The first kappa shape index (κ1) is 21.6. The molecule has 0 saturated carbocycles. The summed E-state index contributed by atoms with van der Waals surface area (Å²) < 4.78 is 18.7. The molecule has 0 unspecified atom stereocenters. The highest BCUT2D eigenvalue weighted by atomic mass is 19.1. The van der Waals surface area contributed by atoms with Crippen molar-refractivity contribution in [1.29, 1.82) is 5.26 Å². The zero-order valence-corrected chi connectivity index (χ0v) is 17.9. The van der Waals surface area contributed by atoms with E-state index in [0.717, 1.165) is 37.2 Å². The largest absolute Gasteiger partial charge is 0.492 e. The first-order chi connectivity index (χ1) is 15.6. The van der Waals surface area contributed by atoms with Crippen molar-refractivity contribution in [3.8, 4) is 11.8 Å². The van der Waals surface area contributed by atoms with E-state index < -0.39 is 0 Å². The summed E-state index contributed by atoms with van der Waals surface area (Å²) >= 11 is 0. The molecular weight excluding hydrogens is 409 g/mol. The molecule has 1 saturated heterocycles. The number of aromatic amines is 1. The van der Waals surface area contributed by atoms with Crippen LogP contribution < -0.4 is 20.7 Å². The van der Waals surface area contributed by atoms with Crippen LogP contribution in [0.15, 0.2) is 36.4 Å². The number of H-pyrrole nitrogens is 1. The van der Waals surface area contributed by atoms with Crippen LogP contribution in [0.5, 0.6) is 5.75 Å². The Hall–Kier alpha value is -3.64. The highest BCUT2D eigenvalue weighted by Gasteiger charge is 2.22. The molecule has 1 fully saturated rings. The summed E-state index contributed by atoms with van der Waals surface area (Å²) in [6.07, 6.45) is 1.93. The van der Waals surface area contributed by atoms with Crippen molar-refractivity contribution >= 4 is 17.5 Å². The Bertz CT molecular complexity index is 1080. The molecule has 4 rings (SSSR count). The quantitative estimate of drug-likeness (QED) is 0.398. The van der Waals surface area contributed by atoms with E-state index in [1.165, 1.54) is 12.1 Å². The van der Waals surface area contributed by atoms with Crippen LogP contribution >= 0.6 is 0 Å². The third-order valence-corrected chi connectivity index (χ3v) is 5.38. The van der Waals surface area contributed by atoms with E-state index >= 15 is 0 Å². The maximum Gasteiger partial charge on any atom is 0.153 e. The molecule has 1 aliphatic heterocycles. The molecule has 166 valence electrons. The van der Waals surface area contributed by atoms with Crippen molar-refractivity contribution in [1.82, 2.24) is 20.5 Å². The summed E-state index contributed by atoms with van der Waals surface area (Å²) in [5.74, 6) is 2.38. The maximum absolute atomic E-state index is 13.0. The number of hydrogen-bond donors (Lipinski definition) is 4. The minimum atomic E-state index is -0.305. The lowest BCUT2D eigenvalue weighted by atomic mass is 9.87. The number of anilines is 3. The van der Waals surface area contributed by atoms with Gasteiger partial charge in [-0.15, -0.1) is 0 Å². The minimum absolute atomic E-state index is 0.284. The standard InChI is InChI=1S/C23H26FN7O/c1-15-12-22(31-30-15)28-21-13-19(16-6-8-26-9-7-16)20(14-25)23(29-21)27-10-11-32-18-4-2-17(24)3-5-18/h2-5,12-13,16,26H,6-11H2,1H3,(H3,27,28,29,30,31). The van der Waals surface area contributed by atoms with E-state index in [1.807, 2.05) is 19.1 Å². The lowest BCUT2D eigenvalue weighted by Gasteiger charge is -2.25. The van der Waals surface area contributed by atoms with Gasteiger partial charge in [0.2, 0.25) is 0 Å². The molecule has 0 atom stereocenters. The normalized spacial score (nSPS) is 14.0. The predicted molar refractivity (Wildman–Crippen MR) is 121 cm³/mol. The Morgan fingerprint density at radius 2 is 1.97 bits per heavy atom. The van der Waals surface area contributed by atoms with Crippen molar-refractivity contribution in [2.24, 2.45) is 0 Å². The predicted octanol–water partition coefficient (Wildman–Crippen LogP) is 3.83. The highest BCUT2D eigenvalue weighted by Crippen LogP contribution is 2.33. The molecule has 4 N–H and O–H groups in total. The van der Waals surface area contributed by atoms with Crippen LogP contribution in [0.2, 0.25) is 0 Å². The second-order valence-corrected chi connectivity index (χ2v) is 7.75. The van der Waals surface area contributed by atoms with Crippen LogP contribution in [0.4, 0.5) is 21.8 Å². The van der Waals surface area contributed by atoms with Gasteiger partial charge in [0.1, 0.15) is 35.9 Å². The first-order valence-corrected chi connectivity index (χ1v) is 10.7. The van der Waals surface area contributed by atoms with Gasteiger partial charge in [-0.05, 0) is 74.7 Å². The zero-order valence-electron chi connectivity index (χ0n) is 17.9. The molecule has 3 aromatic rings. The summed E-state index contributed by atoms with van der Waals surface area (Å²) in [5.41, 5.74) is 2.49. The van der Waals surface area contributed by atoms with Gasteiger partial charge >= 0.3 is 0 Å². The van der Waals surface area contributed by atoms with E-state index in [0.29, 0.717) is 41.9 Å². The Kier molecular flexibility index (Phi) is 6.82. The van der Waals surface area contributed by atoms with Crippen LogP contribution in [0, 0.1) is 24.1 Å². The number of benzene rings is 1. The number of nitrogens with one attached hydrogen (secondary N) is 4. The Labute approximate surface area is 186 Å². The Morgan fingerprint density at radius 3 is 2.66 bits per heavy atom. The summed E-state index contributed by atoms with van der Waals surface area (Å²) in [4.78, 5) is 4.64. The molecular formula is C23H26FN7O. The van der Waals surface area contributed by atoms with Crippen molar-refractivity contribution in [2.75, 3.05) is 36.9 Å². The number of aryl methyl sites for hydroxylation is 1. The van der Waals surface area contributed by atoms with Crippen LogP contribution in [0.25, 0.3) is 0 Å². The summed E-state index contributed by atoms with van der Waals surface area (Å²) in [6.45, 7) is 4.56. The van der Waals surface area contributed by atoms with Gasteiger partial charge < -0.3 is 20.7 Å². The second kappa shape index (κ2) is 10.1. The lowest BCUT2D eigenvalue weighted by molar-refractivity contribution is 0.332. The molecule has 3 heterocycles. The fraction of sp³-hybridized carbons (Fsp3) is 0.348. The smallest absolute Gasteiger partial charge is 0.153 e. The number of hydrogen-bond acceptors (Lipinski definition) is 7. The number of halogens is 1. The Morgan fingerprint density at radius 1 is 1.19 bits per heavy atom. The minimum Gasteiger partial charge on any atom is -0.492 e. The fourth-order valence-electron chi connectivity index (χ4n) is 3.81. The topological polar surface area (TPSA) is 111 Å². The SMILES string of the molecule is Cc1cc(Nc2cc(C3CCNCC3)c(C#N)c(NCCOc3ccc(F)cc3)n2)n[nH]1. The molecule has 0 amide bonds. The van der Waals surface area contributed by atoms with Crippen LogP contribution in [0.3, 0.4) is 0 Å². The summed E-state index contributed by atoms with van der Waals surface area (Å²) in [7, 11) is 0. The van der Waals surface area contributed by atoms with E-state index in [1.54, 1.807) is 12.1 Å². The van der Waals surface area contributed by atoms with Gasteiger partial charge in [-0.2, -0.15) is 10.4 Å². The third-order valence-electron chi connectivity index (χ3n) is 5.38. The molecule has 0 aliphatic carbocycles. The number of nitrogens with zero attached hydrogens (tertiary/aromatic N) is 3. The van der Waals surface area contributed by atoms with Gasteiger partial charge in [0.25, 0.3) is 0 Å². The first-order valence-electron chi connectivity index (χ1n) is 10.7. The zero-order chi connectivity index (χ0) is 22.3. The average Bonchev–Trinajstić information content (AvgIpc) is 3.22. The van der Waals surface area contributed by atoms with Crippen molar-refractivity contribution in [3.05, 3.63) is 59.0 Å². The maximum atomic E-state index is 13.0. The number of nitriles is 1. The van der Waals surface area contributed by atoms with Crippen molar-refractivity contribution < 1.29 is 9.13 Å². The number of ether oxygens (including phenoxy) is 1. The van der Waals surface area contributed by atoms with Crippen molar-refractivity contribution in [2.45, 2.75) is 25.7 Å². The number of pyridine rings is 1. The number of piperidine rings is 1. The molecule has 8 nitrogen and oxygen atoms in total. The van der Waals surface area contributed by atoms with Crippen LogP contribution in [-0.4, -0.2) is 41.4 Å². The van der Waals surface area contributed by atoms with Gasteiger partial charge in [0.15, 0.2) is 5.82 Å². The van der Waals surface area contributed by atoms with Gasteiger partial charge in [0, 0.05) is 11.8 Å². The van der Waals surface area contributed by atoms with E-state index in [4.69, 9.17) is 4.74 Å². The van der Waals surface area contributed by atoms with Crippen LogP contribution in [0.1, 0.15) is 35.6 Å². The lowest BCUT2D eigenvalue weighted by Crippen LogP contribution is -2.27. The van der Waals surface area contributed by atoms with E-state index in [-0.39, 0.29) is 11.7 Å². The van der Waals surface area contributed by atoms with E-state index in [9.17, 15) is 9.65 Å². The van der Waals surface area contributed by atoms with Gasteiger partial charge in [0.05, 0.1) is 12.1 Å². The van der Waals surface area contributed by atoms with E-state index in [2.05, 4.69) is 37.2 Å². The summed E-state index contributed by atoms with van der Waals surface area (Å²) in [5, 5.41) is 26.9. The number of aromatic nitrogens is 3. The molecule has 0 radical (unpaired) electrons. The van der Waals surface area contributed by atoms with Gasteiger partial charge in [-0.25, -0.2) is 9.37 Å². The molecule has 0 bridgehead atoms. The van der Waals surface area contributed by atoms with Crippen LogP contribution in [-0.2, 0) is 0 Å². The fourth-order valence-corrected chi connectivity index (χ4v) is 3.81. The summed E-state index contributed by atoms with van der Waals surface area (Å²) in [6, 6.07) is 12.1. The second-order valence-electron chi connectivity index (χ2n) is 7.75.